The van der Waals surface area contributed by atoms with Gasteiger partial charge in [0.2, 0.25) is 0 Å². The number of thioether (sulfide) groups is 1. The van der Waals surface area contributed by atoms with Gasteiger partial charge in [0.15, 0.2) is 0 Å². The molecule has 16 heavy (non-hydrogen) atoms. The van der Waals surface area contributed by atoms with Crippen molar-refractivity contribution in [1.82, 2.24) is 5.43 Å². The van der Waals surface area contributed by atoms with E-state index in [0.29, 0.717) is 0 Å². The molecule has 0 radical (unpaired) electrons. The molecule has 1 aromatic rings. The van der Waals surface area contributed by atoms with Crippen molar-refractivity contribution in [1.29, 1.82) is 0 Å². The molecule has 0 amide bonds. The monoisotopic (exact) mass is 236 g/mol. The third-order valence-corrected chi connectivity index (χ3v) is 3.87. The van der Waals surface area contributed by atoms with E-state index in [1.165, 1.54) is 35.4 Å². The summed E-state index contributed by atoms with van der Waals surface area (Å²) in [7, 11) is 0. The fourth-order valence-corrected chi connectivity index (χ4v) is 2.79. The van der Waals surface area contributed by atoms with Crippen molar-refractivity contribution in [3.63, 3.8) is 0 Å². The lowest BCUT2D eigenvalue weighted by molar-refractivity contribution is 0.616. The van der Waals surface area contributed by atoms with Gasteiger partial charge in [-0.1, -0.05) is 25.8 Å². The predicted octanol–water partition coefficient (Wildman–Crippen LogP) is 3.42. The maximum atomic E-state index is 3.48. The number of nitrogens with one attached hydrogen (secondary N) is 1. The van der Waals surface area contributed by atoms with Crippen LogP contribution in [0.3, 0.4) is 0 Å². The van der Waals surface area contributed by atoms with Gasteiger partial charge in [0.25, 0.3) is 0 Å². The van der Waals surface area contributed by atoms with Crippen molar-refractivity contribution in [2.45, 2.75) is 37.6 Å². The van der Waals surface area contributed by atoms with Crippen molar-refractivity contribution in [2.24, 2.45) is 0 Å². The first-order valence-corrected chi connectivity index (χ1v) is 7.26. The van der Waals surface area contributed by atoms with Crippen LogP contribution >= 0.6 is 11.8 Å². The quantitative estimate of drug-likeness (QED) is 0.623. The molecular weight excluding hydrogens is 216 g/mol. The van der Waals surface area contributed by atoms with Crippen LogP contribution in [0.25, 0.3) is 0 Å². The highest BCUT2D eigenvalue weighted by molar-refractivity contribution is 7.98. The second-order valence-electron chi connectivity index (χ2n) is 4.15. The molecule has 1 aliphatic rings. The van der Waals surface area contributed by atoms with Gasteiger partial charge >= 0.3 is 0 Å². The highest BCUT2D eigenvalue weighted by Crippen LogP contribution is 2.32. The second-order valence-corrected chi connectivity index (χ2v) is 5.00. The molecule has 1 N–H and O–H groups in total. The summed E-state index contributed by atoms with van der Waals surface area (Å²) in [5, 5.41) is 2.31. The summed E-state index contributed by atoms with van der Waals surface area (Å²) < 4.78 is 0. The third kappa shape index (κ3) is 2.36. The van der Waals surface area contributed by atoms with Crippen molar-refractivity contribution < 1.29 is 0 Å². The average Bonchev–Trinajstić information content (AvgIpc) is 2.73. The van der Waals surface area contributed by atoms with E-state index >= 15 is 0 Å². The number of hydrogen-bond donors (Lipinski definition) is 1. The van der Waals surface area contributed by atoms with Crippen molar-refractivity contribution in [3.05, 3.63) is 23.8 Å². The summed E-state index contributed by atoms with van der Waals surface area (Å²) in [5.74, 6) is 0. The standard InChI is InChI=1S/C13H20N2S/c1-3-4-5-9-15-12-7-6-8-13(16-2)11(12)10-14-15/h6-8,14H,3-5,9-10H2,1-2H3. The second kappa shape index (κ2) is 5.60. The Morgan fingerprint density at radius 1 is 1.38 bits per heavy atom. The first kappa shape index (κ1) is 11.8. The van der Waals surface area contributed by atoms with Gasteiger partial charge in [-0.2, -0.15) is 0 Å². The zero-order chi connectivity index (χ0) is 11.4. The van der Waals surface area contributed by atoms with Gasteiger partial charge in [-0.15, -0.1) is 11.8 Å². The number of fused-ring (bicyclic) bond motifs is 1. The first-order chi connectivity index (χ1) is 7.86. The lowest BCUT2D eigenvalue weighted by Crippen LogP contribution is -2.32. The molecule has 0 fully saturated rings. The Hall–Kier alpha value is -0.670. The lowest BCUT2D eigenvalue weighted by atomic mass is 10.2. The Balaban J connectivity index is 2.08. The maximum Gasteiger partial charge on any atom is 0.0576 e. The molecular formula is C13H20N2S. The van der Waals surface area contributed by atoms with Gasteiger partial charge in [0, 0.05) is 23.5 Å². The molecule has 1 heterocycles. The summed E-state index contributed by atoms with van der Waals surface area (Å²) in [5.41, 5.74) is 6.32. The van der Waals surface area contributed by atoms with Crippen LogP contribution in [0.15, 0.2) is 23.1 Å². The van der Waals surface area contributed by atoms with E-state index in [2.05, 4.69) is 41.8 Å². The van der Waals surface area contributed by atoms with Crippen LogP contribution in [0.2, 0.25) is 0 Å². The predicted molar refractivity (Wildman–Crippen MR) is 71.9 cm³/mol. The third-order valence-electron chi connectivity index (χ3n) is 3.05. The molecule has 1 aliphatic heterocycles. The number of rotatable bonds is 5. The van der Waals surface area contributed by atoms with Crippen molar-refractivity contribution in [3.8, 4) is 0 Å². The number of unbranched alkanes of at least 4 members (excludes halogenated alkanes) is 2. The lowest BCUT2D eigenvalue weighted by Gasteiger charge is -2.19. The highest BCUT2D eigenvalue weighted by atomic mass is 32.2. The van der Waals surface area contributed by atoms with Gasteiger partial charge in [0.05, 0.1) is 5.69 Å². The molecule has 0 atom stereocenters. The molecule has 0 spiro atoms. The van der Waals surface area contributed by atoms with E-state index in [-0.39, 0.29) is 0 Å². The molecule has 2 rings (SSSR count). The van der Waals surface area contributed by atoms with Crippen LogP contribution < -0.4 is 10.4 Å². The first-order valence-electron chi connectivity index (χ1n) is 6.03. The van der Waals surface area contributed by atoms with E-state index in [1.807, 2.05) is 11.8 Å². The molecule has 0 bridgehead atoms. The smallest absolute Gasteiger partial charge is 0.0576 e. The minimum absolute atomic E-state index is 0.985. The zero-order valence-electron chi connectivity index (χ0n) is 10.1. The Bertz CT molecular complexity index is 352. The van der Waals surface area contributed by atoms with Gasteiger partial charge in [-0.05, 0) is 24.8 Å². The Labute approximate surface area is 102 Å². The van der Waals surface area contributed by atoms with E-state index in [4.69, 9.17) is 0 Å². The zero-order valence-corrected chi connectivity index (χ0v) is 10.9. The van der Waals surface area contributed by atoms with Crippen LogP contribution in [0.4, 0.5) is 5.69 Å². The summed E-state index contributed by atoms with van der Waals surface area (Å²) in [6.45, 7) is 4.36. The minimum atomic E-state index is 0.985. The highest BCUT2D eigenvalue weighted by Gasteiger charge is 2.20. The summed E-state index contributed by atoms with van der Waals surface area (Å²) in [4.78, 5) is 1.41. The van der Waals surface area contributed by atoms with E-state index in [9.17, 15) is 0 Å². The molecule has 0 unspecified atom stereocenters. The molecule has 2 nitrogen and oxygen atoms in total. The van der Waals surface area contributed by atoms with Gasteiger partial charge < -0.3 is 5.01 Å². The fourth-order valence-electron chi connectivity index (χ4n) is 2.15. The van der Waals surface area contributed by atoms with Gasteiger partial charge in [0.1, 0.15) is 0 Å². The van der Waals surface area contributed by atoms with E-state index in [0.717, 1.165) is 13.1 Å². The van der Waals surface area contributed by atoms with Crippen LogP contribution in [0.5, 0.6) is 0 Å². The van der Waals surface area contributed by atoms with Crippen LogP contribution in [0.1, 0.15) is 31.7 Å². The number of nitrogens with zero attached hydrogens (tertiary/aromatic N) is 1. The van der Waals surface area contributed by atoms with E-state index < -0.39 is 0 Å². The Kier molecular flexibility index (Phi) is 4.13. The number of hydrogen-bond acceptors (Lipinski definition) is 3. The average molecular weight is 236 g/mol. The van der Waals surface area contributed by atoms with Crippen molar-refractivity contribution in [2.75, 3.05) is 17.8 Å². The summed E-state index contributed by atoms with van der Waals surface area (Å²) in [6.07, 6.45) is 6.02. The molecule has 0 saturated heterocycles. The molecule has 88 valence electrons. The number of hydrazine groups is 1. The molecule has 3 heteroatoms. The summed E-state index contributed by atoms with van der Waals surface area (Å²) in [6, 6.07) is 6.59. The molecule has 0 aliphatic carbocycles. The van der Waals surface area contributed by atoms with Gasteiger partial charge in [-0.3, -0.25) is 0 Å². The molecule has 0 aromatic heterocycles. The van der Waals surface area contributed by atoms with Gasteiger partial charge in [-0.25, -0.2) is 5.43 Å². The van der Waals surface area contributed by atoms with Crippen LogP contribution in [-0.4, -0.2) is 12.8 Å². The number of benzene rings is 1. The maximum absolute atomic E-state index is 3.48. The minimum Gasteiger partial charge on any atom is -0.308 e. The topological polar surface area (TPSA) is 15.3 Å². The number of anilines is 1. The fraction of sp³-hybridized carbons (Fsp3) is 0.538. The van der Waals surface area contributed by atoms with Crippen molar-refractivity contribution >= 4 is 17.4 Å². The normalized spacial score (nSPS) is 14.2. The Morgan fingerprint density at radius 2 is 2.25 bits per heavy atom. The van der Waals surface area contributed by atoms with E-state index in [1.54, 1.807) is 0 Å². The molecule has 1 aromatic carbocycles. The van der Waals surface area contributed by atoms with Crippen LogP contribution in [-0.2, 0) is 6.54 Å². The van der Waals surface area contributed by atoms with Crippen LogP contribution in [0, 0.1) is 0 Å². The molecule has 0 saturated carbocycles. The summed E-state index contributed by atoms with van der Waals surface area (Å²) >= 11 is 1.84. The largest absolute Gasteiger partial charge is 0.308 e. The SMILES string of the molecule is CCCCCN1NCc2c(SC)cccc21. The Morgan fingerprint density at radius 3 is 3.00 bits per heavy atom.